The van der Waals surface area contributed by atoms with E-state index in [0.717, 1.165) is 31.5 Å². The molecule has 0 aliphatic carbocycles. The van der Waals surface area contributed by atoms with E-state index in [-0.39, 0.29) is 5.82 Å². The number of rotatable bonds is 3. The van der Waals surface area contributed by atoms with E-state index in [1.165, 1.54) is 12.1 Å². The Labute approximate surface area is 171 Å². The molecule has 0 bridgehead atoms. The average Bonchev–Trinajstić information content (AvgIpc) is 3.37. The third-order valence-corrected chi connectivity index (χ3v) is 5.46. The van der Waals surface area contributed by atoms with E-state index in [2.05, 4.69) is 15.0 Å². The standard InChI is InChI=1S/C21H18ClFN6/c22-15-5-1-2-6-16(15)29-19(24)17-18(13-7-9-14(23)10-8-13)25-21(26-20(17)27-29)28-11-3-4-12-28/h1-2,5-10H,3-4,11-12,24H2. The average molecular weight is 409 g/mol. The van der Waals surface area contributed by atoms with Gasteiger partial charge in [0.05, 0.1) is 21.8 Å². The van der Waals surface area contributed by atoms with Crippen LogP contribution in [0, 0.1) is 5.82 Å². The number of benzene rings is 2. The van der Waals surface area contributed by atoms with E-state index in [1.54, 1.807) is 22.9 Å². The summed E-state index contributed by atoms with van der Waals surface area (Å²) < 4.78 is 15.1. The van der Waals surface area contributed by atoms with Gasteiger partial charge in [0, 0.05) is 18.7 Å². The molecule has 0 unspecified atom stereocenters. The molecule has 4 aromatic rings. The van der Waals surface area contributed by atoms with Crippen LogP contribution >= 0.6 is 11.6 Å². The maximum Gasteiger partial charge on any atom is 0.228 e. The van der Waals surface area contributed by atoms with E-state index >= 15 is 0 Å². The normalized spacial score (nSPS) is 14.1. The van der Waals surface area contributed by atoms with E-state index in [1.807, 2.05) is 18.2 Å². The fraction of sp³-hybridized carbons (Fsp3) is 0.190. The van der Waals surface area contributed by atoms with Gasteiger partial charge in [0.2, 0.25) is 5.95 Å². The van der Waals surface area contributed by atoms with E-state index in [0.29, 0.717) is 39.2 Å². The molecule has 146 valence electrons. The summed E-state index contributed by atoms with van der Waals surface area (Å²) in [5.41, 5.74) is 9.02. The van der Waals surface area contributed by atoms with Gasteiger partial charge in [-0.05, 0) is 49.2 Å². The quantitative estimate of drug-likeness (QED) is 0.542. The molecular weight excluding hydrogens is 391 g/mol. The van der Waals surface area contributed by atoms with Gasteiger partial charge in [-0.1, -0.05) is 23.7 Å². The summed E-state index contributed by atoms with van der Waals surface area (Å²) in [5.74, 6) is 0.692. The zero-order valence-corrected chi connectivity index (χ0v) is 16.3. The molecule has 29 heavy (non-hydrogen) atoms. The number of anilines is 2. The fourth-order valence-corrected chi connectivity index (χ4v) is 3.90. The Morgan fingerprint density at radius 3 is 2.41 bits per heavy atom. The van der Waals surface area contributed by atoms with Crippen molar-refractivity contribution in [2.45, 2.75) is 12.8 Å². The number of para-hydroxylation sites is 1. The van der Waals surface area contributed by atoms with Crippen molar-refractivity contribution in [1.82, 2.24) is 19.7 Å². The molecule has 5 rings (SSSR count). The van der Waals surface area contributed by atoms with Gasteiger partial charge in [-0.2, -0.15) is 4.98 Å². The number of hydrogen-bond acceptors (Lipinski definition) is 5. The van der Waals surface area contributed by atoms with Gasteiger partial charge >= 0.3 is 0 Å². The minimum atomic E-state index is -0.307. The van der Waals surface area contributed by atoms with E-state index in [9.17, 15) is 4.39 Å². The van der Waals surface area contributed by atoms with Crippen LogP contribution in [0.2, 0.25) is 5.02 Å². The predicted octanol–water partition coefficient (Wildman–Crippen LogP) is 4.46. The third kappa shape index (κ3) is 3.07. The Balaban J connectivity index is 1.78. The molecule has 2 aromatic carbocycles. The van der Waals surface area contributed by atoms with Crippen LogP contribution in [0.4, 0.5) is 16.2 Å². The van der Waals surface area contributed by atoms with Crippen LogP contribution in [0.15, 0.2) is 48.5 Å². The maximum absolute atomic E-state index is 13.5. The minimum Gasteiger partial charge on any atom is -0.383 e. The van der Waals surface area contributed by atoms with Crippen LogP contribution in [0.25, 0.3) is 28.0 Å². The molecule has 6 nitrogen and oxygen atoms in total. The van der Waals surface area contributed by atoms with Crippen molar-refractivity contribution in [3.8, 4) is 16.9 Å². The Morgan fingerprint density at radius 1 is 0.966 bits per heavy atom. The molecule has 2 aromatic heterocycles. The predicted molar refractivity (Wildman–Crippen MR) is 113 cm³/mol. The summed E-state index contributed by atoms with van der Waals surface area (Å²) in [6.45, 7) is 1.80. The Morgan fingerprint density at radius 2 is 1.69 bits per heavy atom. The van der Waals surface area contributed by atoms with Crippen LogP contribution in [0.3, 0.4) is 0 Å². The van der Waals surface area contributed by atoms with Gasteiger partial charge < -0.3 is 10.6 Å². The highest BCUT2D eigenvalue weighted by atomic mass is 35.5. The van der Waals surface area contributed by atoms with Crippen molar-refractivity contribution in [1.29, 1.82) is 0 Å². The Bertz CT molecular complexity index is 1200. The van der Waals surface area contributed by atoms with Gasteiger partial charge in [0.1, 0.15) is 11.6 Å². The topological polar surface area (TPSA) is 72.9 Å². The van der Waals surface area contributed by atoms with Gasteiger partial charge in [0.15, 0.2) is 5.65 Å². The molecule has 1 saturated heterocycles. The molecule has 1 fully saturated rings. The number of aromatic nitrogens is 4. The molecule has 1 aliphatic rings. The van der Waals surface area contributed by atoms with Crippen LogP contribution in [-0.4, -0.2) is 32.8 Å². The van der Waals surface area contributed by atoms with Crippen LogP contribution < -0.4 is 10.6 Å². The minimum absolute atomic E-state index is 0.307. The highest BCUT2D eigenvalue weighted by molar-refractivity contribution is 6.32. The second-order valence-corrected chi connectivity index (χ2v) is 7.43. The van der Waals surface area contributed by atoms with Crippen LogP contribution in [0.5, 0.6) is 0 Å². The molecule has 0 spiro atoms. The molecule has 0 radical (unpaired) electrons. The zero-order chi connectivity index (χ0) is 20.0. The smallest absolute Gasteiger partial charge is 0.228 e. The lowest BCUT2D eigenvalue weighted by atomic mass is 10.1. The van der Waals surface area contributed by atoms with Crippen LogP contribution in [-0.2, 0) is 0 Å². The first kappa shape index (κ1) is 17.9. The SMILES string of the molecule is Nc1c2c(-c3ccc(F)cc3)nc(N3CCCC3)nc2nn1-c1ccccc1Cl. The van der Waals surface area contributed by atoms with Gasteiger partial charge in [0.25, 0.3) is 0 Å². The number of nitrogens with two attached hydrogens (primary N) is 1. The van der Waals surface area contributed by atoms with Gasteiger partial charge in [-0.15, -0.1) is 5.10 Å². The largest absolute Gasteiger partial charge is 0.383 e. The fourth-order valence-electron chi connectivity index (χ4n) is 3.68. The number of nitrogen functional groups attached to an aromatic ring is 1. The van der Waals surface area contributed by atoms with Crippen molar-refractivity contribution >= 4 is 34.4 Å². The molecule has 0 saturated carbocycles. The lowest BCUT2D eigenvalue weighted by Gasteiger charge is -2.16. The molecule has 1 aliphatic heterocycles. The molecule has 3 heterocycles. The van der Waals surface area contributed by atoms with Crippen molar-refractivity contribution in [3.05, 3.63) is 59.4 Å². The Hall–Kier alpha value is -3.19. The number of nitrogens with zero attached hydrogens (tertiary/aromatic N) is 5. The van der Waals surface area contributed by atoms with Crippen molar-refractivity contribution in [2.75, 3.05) is 23.7 Å². The summed E-state index contributed by atoms with van der Waals surface area (Å²) in [7, 11) is 0. The lowest BCUT2D eigenvalue weighted by molar-refractivity contribution is 0.628. The number of halogens is 2. The first-order chi connectivity index (χ1) is 14.1. The summed E-state index contributed by atoms with van der Waals surface area (Å²) in [4.78, 5) is 11.6. The highest BCUT2D eigenvalue weighted by Gasteiger charge is 2.23. The van der Waals surface area contributed by atoms with E-state index < -0.39 is 0 Å². The van der Waals surface area contributed by atoms with Crippen LogP contribution in [0.1, 0.15) is 12.8 Å². The zero-order valence-electron chi connectivity index (χ0n) is 15.5. The van der Waals surface area contributed by atoms with Crippen molar-refractivity contribution in [2.24, 2.45) is 0 Å². The molecule has 2 N–H and O–H groups in total. The third-order valence-electron chi connectivity index (χ3n) is 5.14. The first-order valence-corrected chi connectivity index (χ1v) is 9.81. The van der Waals surface area contributed by atoms with E-state index in [4.69, 9.17) is 22.3 Å². The van der Waals surface area contributed by atoms with Crippen molar-refractivity contribution < 1.29 is 4.39 Å². The highest BCUT2D eigenvalue weighted by Crippen LogP contribution is 2.35. The lowest BCUT2D eigenvalue weighted by Crippen LogP contribution is -2.20. The van der Waals surface area contributed by atoms with Gasteiger partial charge in [-0.3, -0.25) is 0 Å². The summed E-state index contributed by atoms with van der Waals surface area (Å²) in [6.07, 6.45) is 2.20. The molecule has 0 atom stereocenters. The van der Waals surface area contributed by atoms with Crippen molar-refractivity contribution in [3.63, 3.8) is 0 Å². The molecule has 8 heteroatoms. The second-order valence-electron chi connectivity index (χ2n) is 7.02. The molecule has 0 amide bonds. The summed E-state index contributed by atoms with van der Waals surface area (Å²) in [6, 6.07) is 13.5. The Kier molecular flexibility index (Phi) is 4.32. The first-order valence-electron chi connectivity index (χ1n) is 9.44. The second kappa shape index (κ2) is 7.00. The monoisotopic (exact) mass is 408 g/mol. The number of hydrogen-bond donors (Lipinski definition) is 1. The molecular formula is C21H18ClFN6. The van der Waals surface area contributed by atoms with Gasteiger partial charge in [-0.25, -0.2) is 14.1 Å². The summed E-state index contributed by atoms with van der Waals surface area (Å²) >= 11 is 6.37. The number of fused-ring (bicyclic) bond motifs is 1. The summed E-state index contributed by atoms with van der Waals surface area (Å²) in [5, 5.41) is 5.79. The maximum atomic E-state index is 13.5.